The maximum atomic E-state index is 12.5. The van der Waals surface area contributed by atoms with Crippen LogP contribution in [0.15, 0.2) is 0 Å². The van der Waals surface area contributed by atoms with Crippen LogP contribution in [0.1, 0.15) is 59.8 Å². The predicted octanol–water partition coefficient (Wildman–Crippen LogP) is 2.56. The van der Waals surface area contributed by atoms with Crippen LogP contribution in [0.4, 0.5) is 0 Å². The first kappa shape index (κ1) is 16.3. The molecule has 2 aliphatic carbocycles. The molecule has 0 aromatic carbocycles. The van der Waals surface area contributed by atoms with Gasteiger partial charge in [-0.25, -0.2) is 0 Å². The van der Waals surface area contributed by atoms with Crippen LogP contribution in [0.25, 0.3) is 0 Å². The fourth-order valence-corrected chi connectivity index (χ4v) is 6.02. The lowest BCUT2D eigenvalue weighted by atomic mass is 9.59. The summed E-state index contributed by atoms with van der Waals surface area (Å²) in [4.78, 5) is 15.1. The van der Waals surface area contributed by atoms with Crippen LogP contribution in [0.2, 0.25) is 0 Å². The minimum Gasteiger partial charge on any atom is -0.465 e. The fraction of sp³-hybridized carbons (Fsp3) is 0.944. The molecule has 3 fully saturated rings. The summed E-state index contributed by atoms with van der Waals surface area (Å²) in [6.45, 7) is 11.6. The average molecular weight is 308 g/mol. The van der Waals surface area contributed by atoms with Crippen molar-refractivity contribution in [1.29, 1.82) is 0 Å². The van der Waals surface area contributed by atoms with E-state index in [0.29, 0.717) is 12.5 Å². The number of hydrogen-bond acceptors (Lipinski definition) is 4. The lowest BCUT2D eigenvalue weighted by Gasteiger charge is -2.55. The topological polar surface area (TPSA) is 55.6 Å². The van der Waals surface area contributed by atoms with E-state index in [4.69, 9.17) is 10.5 Å². The van der Waals surface area contributed by atoms with Crippen LogP contribution >= 0.6 is 0 Å². The number of esters is 1. The molecule has 2 saturated carbocycles. The Hall–Kier alpha value is -0.610. The van der Waals surface area contributed by atoms with Crippen LogP contribution in [0, 0.1) is 16.7 Å². The molecule has 3 aliphatic rings. The van der Waals surface area contributed by atoms with Gasteiger partial charge in [0, 0.05) is 0 Å². The molecular formula is C18H32N2O2. The number of likely N-dealkylation sites (tertiary alicyclic amines) is 1. The van der Waals surface area contributed by atoms with Gasteiger partial charge in [0.2, 0.25) is 0 Å². The second-order valence-electron chi connectivity index (χ2n) is 8.34. The molecule has 0 radical (unpaired) electrons. The molecular weight excluding hydrogens is 276 g/mol. The molecule has 2 N–H and O–H groups in total. The average Bonchev–Trinajstić information content (AvgIpc) is 3.11. The van der Waals surface area contributed by atoms with E-state index in [2.05, 4.69) is 25.7 Å². The van der Waals surface area contributed by atoms with E-state index < -0.39 is 6.04 Å². The van der Waals surface area contributed by atoms with Gasteiger partial charge in [-0.3, -0.25) is 9.69 Å². The summed E-state index contributed by atoms with van der Waals surface area (Å²) in [6, 6.07) is -0.528. The van der Waals surface area contributed by atoms with Crippen LogP contribution in [0.3, 0.4) is 0 Å². The highest BCUT2D eigenvalue weighted by molar-refractivity contribution is 5.78. The number of carbonyl (C=O) groups is 1. The molecule has 0 aromatic heterocycles. The molecule has 1 saturated heterocycles. The van der Waals surface area contributed by atoms with Gasteiger partial charge in [-0.15, -0.1) is 0 Å². The number of rotatable bonds is 4. The highest BCUT2D eigenvalue weighted by Crippen LogP contribution is 2.72. The Morgan fingerprint density at radius 2 is 1.95 bits per heavy atom. The smallest absolute Gasteiger partial charge is 0.324 e. The van der Waals surface area contributed by atoms with Crippen molar-refractivity contribution in [2.24, 2.45) is 22.5 Å². The fourth-order valence-electron chi connectivity index (χ4n) is 6.02. The largest absolute Gasteiger partial charge is 0.465 e. The Labute approximate surface area is 134 Å². The van der Waals surface area contributed by atoms with Gasteiger partial charge in [-0.2, -0.15) is 0 Å². The van der Waals surface area contributed by atoms with Crippen molar-refractivity contribution in [2.75, 3.05) is 19.7 Å². The molecule has 1 heterocycles. The Bertz CT molecular complexity index is 458. The third kappa shape index (κ3) is 1.80. The lowest BCUT2D eigenvalue weighted by molar-refractivity contribution is -0.154. The first-order chi connectivity index (χ1) is 10.3. The number of nitrogens with two attached hydrogens (primary N) is 1. The van der Waals surface area contributed by atoms with E-state index in [0.717, 1.165) is 19.5 Å². The molecule has 126 valence electrons. The summed E-state index contributed by atoms with van der Waals surface area (Å²) < 4.78 is 5.33. The van der Waals surface area contributed by atoms with E-state index in [1.807, 2.05) is 6.92 Å². The standard InChI is InChI=1S/C18H32N2O2/c1-5-22-15(21)14(19)18(20-10-6-7-11-20)12-13-8-9-17(18,4)16(13,2)3/h13-14H,5-12,19H2,1-4H3/t13-,14-,17-,18+/m0/s1. The van der Waals surface area contributed by atoms with Gasteiger partial charge < -0.3 is 10.5 Å². The highest BCUT2D eigenvalue weighted by atomic mass is 16.5. The minimum absolute atomic E-state index is 0.0845. The predicted molar refractivity (Wildman–Crippen MR) is 87.4 cm³/mol. The lowest BCUT2D eigenvalue weighted by Crippen LogP contribution is -2.69. The summed E-state index contributed by atoms with van der Waals surface area (Å²) in [6.07, 6.45) is 5.94. The van der Waals surface area contributed by atoms with Crippen molar-refractivity contribution in [3.63, 3.8) is 0 Å². The first-order valence-corrected chi connectivity index (χ1v) is 8.98. The summed E-state index contributed by atoms with van der Waals surface area (Å²) in [7, 11) is 0. The van der Waals surface area contributed by atoms with Crippen LogP contribution < -0.4 is 5.73 Å². The SMILES string of the molecule is CCOC(=O)[C@H](N)[C@]1(N2CCCC2)C[C@@H]2CC[C@@]1(C)C2(C)C. The zero-order valence-corrected chi connectivity index (χ0v) is 14.7. The maximum absolute atomic E-state index is 12.5. The van der Waals surface area contributed by atoms with Gasteiger partial charge >= 0.3 is 5.97 Å². The minimum atomic E-state index is -0.528. The van der Waals surface area contributed by atoms with E-state index in [-0.39, 0.29) is 22.3 Å². The summed E-state index contributed by atoms with van der Waals surface area (Å²) in [5, 5.41) is 0. The maximum Gasteiger partial charge on any atom is 0.324 e. The zero-order valence-electron chi connectivity index (χ0n) is 14.7. The Kier molecular flexibility index (Phi) is 3.84. The van der Waals surface area contributed by atoms with Crippen molar-refractivity contribution < 1.29 is 9.53 Å². The summed E-state index contributed by atoms with van der Waals surface area (Å²) in [5.41, 5.74) is 6.70. The van der Waals surface area contributed by atoms with Gasteiger partial charge in [0.05, 0.1) is 12.1 Å². The van der Waals surface area contributed by atoms with Crippen molar-refractivity contribution in [3.05, 3.63) is 0 Å². The van der Waals surface area contributed by atoms with Crippen molar-refractivity contribution in [3.8, 4) is 0 Å². The van der Waals surface area contributed by atoms with Crippen molar-refractivity contribution in [1.82, 2.24) is 4.90 Å². The number of carbonyl (C=O) groups excluding carboxylic acids is 1. The third-order valence-corrected chi connectivity index (χ3v) is 7.67. The molecule has 4 atom stereocenters. The van der Waals surface area contributed by atoms with Gasteiger partial charge in [-0.1, -0.05) is 20.8 Å². The van der Waals surface area contributed by atoms with Crippen LogP contribution in [0.5, 0.6) is 0 Å². The molecule has 4 nitrogen and oxygen atoms in total. The molecule has 4 heteroatoms. The first-order valence-electron chi connectivity index (χ1n) is 8.98. The number of hydrogen-bond donors (Lipinski definition) is 1. The van der Waals surface area contributed by atoms with Crippen LogP contribution in [-0.2, 0) is 9.53 Å². The monoisotopic (exact) mass is 308 g/mol. The summed E-state index contributed by atoms with van der Waals surface area (Å²) in [5.74, 6) is 0.456. The van der Waals surface area contributed by atoms with Crippen molar-refractivity contribution in [2.45, 2.75) is 71.4 Å². The normalized spacial score (nSPS) is 41.8. The Balaban J connectivity index is 2.04. The molecule has 22 heavy (non-hydrogen) atoms. The van der Waals surface area contributed by atoms with Gasteiger partial charge in [0.25, 0.3) is 0 Å². The van der Waals surface area contributed by atoms with Crippen molar-refractivity contribution >= 4 is 5.97 Å². The Morgan fingerprint density at radius 3 is 2.41 bits per heavy atom. The van der Waals surface area contributed by atoms with Gasteiger partial charge in [-0.05, 0) is 68.9 Å². The van der Waals surface area contributed by atoms with Gasteiger partial charge in [0.15, 0.2) is 0 Å². The number of ether oxygens (including phenoxy) is 1. The van der Waals surface area contributed by atoms with E-state index >= 15 is 0 Å². The highest BCUT2D eigenvalue weighted by Gasteiger charge is 2.73. The molecule has 0 aromatic rings. The second-order valence-corrected chi connectivity index (χ2v) is 8.34. The number of nitrogens with zero attached hydrogens (tertiary/aromatic N) is 1. The third-order valence-electron chi connectivity index (χ3n) is 7.67. The molecule has 0 unspecified atom stereocenters. The zero-order chi connectivity index (χ0) is 16.2. The quantitative estimate of drug-likeness (QED) is 0.811. The molecule has 0 spiro atoms. The van der Waals surface area contributed by atoms with Gasteiger partial charge in [0.1, 0.15) is 6.04 Å². The summed E-state index contributed by atoms with van der Waals surface area (Å²) >= 11 is 0. The van der Waals surface area contributed by atoms with Crippen LogP contribution in [-0.4, -0.2) is 42.1 Å². The molecule has 0 amide bonds. The number of fused-ring (bicyclic) bond motifs is 2. The van der Waals surface area contributed by atoms with E-state index in [9.17, 15) is 4.79 Å². The Morgan fingerprint density at radius 1 is 1.32 bits per heavy atom. The molecule has 1 aliphatic heterocycles. The van der Waals surface area contributed by atoms with E-state index in [1.165, 1.54) is 25.7 Å². The molecule has 3 rings (SSSR count). The second kappa shape index (κ2) is 5.20. The van der Waals surface area contributed by atoms with E-state index in [1.54, 1.807) is 0 Å². The molecule has 2 bridgehead atoms.